The summed E-state index contributed by atoms with van der Waals surface area (Å²) in [5.74, 6) is -3.56. The lowest BCUT2D eigenvalue weighted by molar-refractivity contribution is 0.165. The molecule has 0 amide bonds. The van der Waals surface area contributed by atoms with Crippen molar-refractivity contribution in [3.8, 4) is 0 Å². The maximum Gasteiger partial charge on any atom is 0.194 e. The van der Waals surface area contributed by atoms with Crippen molar-refractivity contribution in [2.45, 2.75) is 19.4 Å². The molecule has 20 heavy (non-hydrogen) atoms. The van der Waals surface area contributed by atoms with E-state index in [4.69, 9.17) is 0 Å². The fraction of sp³-hybridized carbons (Fsp3) is 0.538. The van der Waals surface area contributed by atoms with Crippen LogP contribution < -0.4 is 5.32 Å². The van der Waals surface area contributed by atoms with Gasteiger partial charge in [-0.2, -0.15) is 0 Å². The van der Waals surface area contributed by atoms with E-state index in [1.807, 2.05) is 6.92 Å². The maximum atomic E-state index is 13.8. The van der Waals surface area contributed by atoms with Crippen LogP contribution in [0.15, 0.2) is 12.1 Å². The SMILES string of the molecule is CC[C@H](c1ccc(F)c(F)c1F)N1CCNCC1.Cl.Cl. The van der Waals surface area contributed by atoms with Gasteiger partial charge in [-0.3, -0.25) is 4.90 Å². The van der Waals surface area contributed by atoms with Gasteiger partial charge in [0.2, 0.25) is 0 Å². The molecule has 0 aliphatic carbocycles. The van der Waals surface area contributed by atoms with Crippen LogP contribution in [0.25, 0.3) is 0 Å². The first kappa shape index (κ1) is 19.5. The Balaban J connectivity index is 0.00000180. The molecule has 7 heteroatoms. The van der Waals surface area contributed by atoms with Crippen molar-refractivity contribution in [2.75, 3.05) is 26.2 Å². The van der Waals surface area contributed by atoms with Gasteiger partial charge in [0.25, 0.3) is 0 Å². The number of halogens is 5. The van der Waals surface area contributed by atoms with E-state index in [0.29, 0.717) is 6.42 Å². The van der Waals surface area contributed by atoms with Crippen molar-refractivity contribution in [1.82, 2.24) is 10.2 Å². The summed E-state index contributed by atoms with van der Waals surface area (Å²) in [7, 11) is 0. The second-order valence-electron chi connectivity index (χ2n) is 4.47. The molecule has 1 saturated heterocycles. The average molecular weight is 331 g/mol. The highest BCUT2D eigenvalue weighted by atomic mass is 35.5. The van der Waals surface area contributed by atoms with Gasteiger partial charge in [0.05, 0.1) is 0 Å². The highest BCUT2D eigenvalue weighted by Gasteiger charge is 2.25. The molecule has 1 heterocycles. The number of nitrogens with one attached hydrogen (secondary N) is 1. The standard InChI is InChI=1S/C13H17F3N2.2ClH/c1-2-11(18-7-5-17-6-8-18)9-3-4-10(14)13(16)12(9)15;;/h3-4,11,17H,2,5-8H2,1H3;2*1H/t11-;;/m1../s1. The lowest BCUT2D eigenvalue weighted by Crippen LogP contribution is -2.45. The molecule has 1 N–H and O–H groups in total. The summed E-state index contributed by atoms with van der Waals surface area (Å²) in [6, 6.07) is 2.16. The highest BCUT2D eigenvalue weighted by molar-refractivity contribution is 5.85. The molecule has 1 fully saturated rings. The molecule has 1 atom stereocenters. The predicted molar refractivity (Wildman–Crippen MR) is 78.3 cm³/mol. The van der Waals surface area contributed by atoms with Crippen molar-refractivity contribution >= 4 is 24.8 Å². The van der Waals surface area contributed by atoms with Gasteiger partial charge in [0.15, 0.2) is 17.5 Å². The zero-order chi connectivity index (χ0) is 13.1. The Bertz CT molecular complexity index is 426. The number of hydrogen-bond donors (Lipinski definition) is 1. The second-order valence-corrected chi connectivity index (χ2v) is 4.47. The molecular weight excluding hydrogens is 312 g/mol. The third-order valence-electron chi connectivity index (χ3n) is 3.40. The summed E-state index contributed by atoms with van der Waals surface area (Å²) in [5.41, 5.74) is 0.248. The minimum Gasteiger partial charge on any atom is -0.314 e. The van der Waals surface area contributed by atoms with Crippen LogP contribution >= 0.6 is 24.8 Å². The van der Waals surface area contributed by atoms with Crippen LogP contribution in [0.4, 0.5) is 13.2 Å². The zero-order valence-corrected chi connectivity index (χ0v) is 12.8. The predicted octanol–water partition coefficient (Wildman–Crippen LogP) is 3.30. The van der Waals surface area contributed by atoms with Gasteiger partial charge < -0.3 is 5.32 Å². The highest BCUT2D eigenvalue weighted by Crippen LogP contribution is 2.28. The summed E-state index contributed by atoms with van der Waals surface area (Å²) in [6.07, 6.45) is 0.669. The zero-order valence-electron chi connectivity index (χ0n) is 11.2. The molecule has 0 radical (unpaired) electrons. The summed E-state index contributed by atoms with van der Waals surface area (Å²) in [5, 5.41) is 3.21. The monoisotopic (exact) mass is 330 g/mol. The van der Waals surface area contributed by atoms with E-state index in [9.17, 15) is 13.2 Å². The molecule has 2 rings (SSSR count). The molecule has 1 aliphatic rings. The van der Waals surface area contributed by atoms with Gasteiger partial charge in [-0.15, -0.1) is 24.8 Å². The number of rotatable bonds is 3. The normalized spacial score (nSPS) is 17.0. The van der Waals surface area contributed by atoms with E-state index >= 15 is 0 Å². The second kappa shape index (κ2) is 8.72. The van der Waals surface area contributed by atoms with Gasteiger partial charge in [-0.05, 0) is 12.5 Å². The number of nitrogens with zero attached hydrogens (tertiary/aromatic N) is 1. The fourth-order valence-corrected chi connectivity index (χ4v) is 2.47. The summed E-state index contributed by atoms with van der Waals surface area (Å²) in [6.45, 7) is 5.17. The molecule has 0 spiro atoms. The van der Waals surface area contributed by atoms with Crippen molar-refractivity contribution in [3.63, 3.8) is 0 Å². The van der Waals surface area contributed by atoms with Crippen LogP contribution in [0.2, 0.25) is 0 Å². The van der Waals surface area contributed by atoms with Crippen molar-refractivity contribution in [1.29, 1.82) is 0 Å². The molecule has 116 valence electrons. The van der Waals surface area contributed by atoms with E-state index in [1.165, 1.54) is 6.07 Å². The molecule has 0 bridgehead atoms. The molecule has 0 aromatic heterocycles. The van der Waals surface area contributed by atoms with Crippen molar-refractivity contribution in [2.24, 2.45) is 0 Å². The molecule has 2 nitrogen and oxygen atoms in total. The van der Waals surface area contributed by atoms with Crippen molar-refractivity contribution in [3.05, 3.63) is 35.1 Å². The first-order valence-electron chi connectivity index (χ1n) is 6.23. The lowest BCUT2D eigenvalue weighted by atomic mass is 10.0. The molecule has 0 unspecified atom stereocenters. The number of hydrogen-bond acceptors (Lipinski definition) is 2. The van der Waals surface area contributed by atoms with E-state index < -0.39 is 17.5 Å². The van der Waals surface area contributed by atoms with Gasteiger partial charge in [-0.1, -0.05) is 13.0 Å². The Morgan fingerprint density at radius 3 is 2.25 bits per heavy atom. The van der Waals surface area contributed by atoms with Crippen molar-refractivity contribution < 1.29 is 13.2 Å². The summed E-state index contributed by atoms with van der Waals surface area (Å²) >= 11 is 0. The molecule has 1 aliphatic heterocycles. The maximum absolute atomic E-state index is 13.8. The van der Waals surface area contributed by atoms with E-state index in [0.717, 1.165) is 32.2 Å². The third-order valence-corrected chi connectivity index (χ3v) is 3.40. The Kier molecular flexibility index (Phi) is 8.51. The Morgan fingerprint density at radius 1 is 1.10 bits per heavy atom. The molecule has 0 saturated carbocycles. The van der Waals surface area contributed by atoms with Crippen LogP contribution in [-0.2, 0) is 0 Å². The number of piperazine rings is 1. The first-order valence-corrected chi connectivity index (χ1v) is 6.23. The van der Waals surface area contributed by atoms with Crippen LogP contribution in [0.1, 0.15) is 24.9 Å². The largest absolute Gasteiger partial charge is 0.314 e. The van der Waals surface area contributed by atoms with E-state index in [-0.39, 0.29) is 36.4 Å². The topological polar surface area (TPSA) is 15.3 Å². The minimum atomic E-state index is -1.37. The Morgan fingerprint density at radius 2 is 1.70 bits per heavy atom. The van der Waals surface area contributed by atoms with E-state index in [2.05, 4.69) is 10.2 Å². The van der Waals surface area contributed by atoms with Gasteiger partial charge in [-0.25, -0.2) is 13.2 Å². The number of benzene rings is 1. The van der Waals surface area contributed by atoms with Crippen LogP contribution in [0, 0.1) is 17.5 Å². The van der Waals surface area contributed by atoms with Crippen LogP contribution in [0.5, 0.6) is 0 Å². The Labute approximate surface area is 129 Å². The average Bonchev–Trinajstić information content (AvgIpc) is 2.41. The van der Waals surface area contributed by atoms with Crippen LogP contribution in [0.3, 0.4) is 0 Å². The molecule has 1 aromatic rings. The molecular formula is C13H19Cl2F3N2. The molecule has 1 aromatic carbocycles. The lowest BCUT2D eigenvalue weighted by Gasteiger charge is -2.34. The summed E-state index contributed by atoms with van der Waals surface area (Å²) in [4.78, 5) is 2.10. The quantitative estimate of drug-likeness (QED) is 0.855. The van der Waals surface area contributed by atoms with Crippen LogP contribution in [-0.4, -0.2) is 31.1 Å². The fourth-order valence-electron chi connectivity index (χ4n) is 2.47. The third kappa shape index (κ3) is 4.01. The first-order chi connectivity index (χ1) is 8.65. The van der Waals surface area contributed by atoms with Gasteiger partial charge in [0.1, 0.15) is 0 Å². The smallest absolute Gasteiger partial charge is 0.194 e. The van der Waals surface area contributed by atoms with E-state index in [1.54, 1.807) is 0 Å². The van der Waals surface area contributed by atoms with Gasteiger partial charge in [0, 0.05) is 37.8 Å². The minimum absolute atomic E-state index is 0. The summed E-state index contributed by atoms with van der Waals surface area (Å²) < 4.78 is 40.0. The Hall–Kier alpha value is -0.490. The van der Waals surface area contributed by atoms with Gasteiger partial charge >= 0.3 is 0 Å².